The number of carbonyl (C=O) groups is 3. The number of hydrogen-bond acceptors (Lipinski definition) is 7. The highest BCUT2D eigenvalue weighted by Crippen LogP contribution is 2.54. The first-order valence-electron chi connectivity index (χ1n) is 17.2. The number of aromatic nitrogens is 1. The number of aliphatic hydroxyl groups is 1. The molecule has 3 amide bonds. The molecule has 0 saturated carbocycles. The first-order valence-corrected chi connectivity index (χ1v) is 18.9. The number of rotatable bonds is 12. The first kappa shape index (κ1) is 37.7. The molecule has 3 atom stereocenters. The van der Waals surface area contributed by atoms with Crippen LogP contribution in [0, 0.1) is 12.7 Å². The van der Waals surface area contributed by atoms with E-state index >= 15 is 4.39 Å². The van der Waals surface area contributed by atoms with E-state index in [0.29, 0.717) is 5.56 Å². The number of aliphatic hydroxyl groups excluding tert-OH is 1. The van der Waals surface area contributed by atoms with Crippen molar-refractivity contribution in [3.05, 3.63) is 148 Å². The molecule has 0 bridgehead atoms. The van der Waals surface area contributed by atoms with Gasteiger partial charge in [0.05, 0.1) is 26.9 Å². The lowest BCUT2D eigenvalue weighted by Crippen LogP contribution is -2.60. The van der Waals surface area contributed by atoms with Crippen LogP contribution in [0.3, 0.4) is 0 Å². The average molecular weight is 753 g/mol. The minimum atomic E-state index is -1.41. The highest BCUT2D eigenvalue weighted by Gasteiger charge is 2.50. The van der Waals surface area contributed by atoms with E-state index in [0.717, 1.165) is 27.3 Å². The Morgan fingerprint density at radius 3 is 2.00 bits per heavy atom. The van der Waals surface area contributed by atoms with E-state index in [1.54, 1.807) is 17.6 Å². The molecule has 4 aromatic carbocycles. The van der Waals surface area contributed by atoms with Gasteiger partial charge in [0.2, 0.25) is 11.8 Å². The molecular weight excluding hydrogens is 712 g/mol. The van der Waals surface area contributed by atoms with Crippen molar-refractivity contribution < 1.29 is 29.0 Å². The maximum absolute atomic E-state index is 15.2. The number of nitrogens with zero attached hydrogens (tertiary/aromatic N) is 2. The molecule has 1 aromatic heterocycles. The number of carbonyl (C=O) groups excluding carboxylic acids is 2. The van der Waals surface area contributed by atoms with Gasteiger partial charge < -0.3 is 25.7 Å². The van der Waals surface area contributed by atoms with Crippen LogP contribution >= 0.6 is 23.1 Å². The molecule has 1 aliphatic rings. The quantitative estimate of drug-likeness (QED) is 0.101. The smallest absolute Gasteiger partial charge is 0.405 e. The lowest BCUT2D eigenvalue weighted by atomic mass is 9.84. The fourth-order valence-corrected chi connectivity index (χ4v) is 9.62. The first-order chi connectivity index (χ1) is 25.4. The van der Waals surface area contributed by atoms with Crippen molar-refractivity contribution in [3.8, 4) is 10.4 Å². The van der Waals surface area contributed by atoms with Crippen LogP contribution in [-0.2, 0) is 20.9 Å². The maximum atomic E-state index is 15.2. The van der Waals surface area contributed by atoms with Crippen molar-refractivity contribution in [1.82, 2.24) is 20.5 Å². The summed E-state index contributed by atoms with van der Waals surface area (Å²) in [6.07, 6.45) is -2.49. The van der Waals surface area contributed by atoms with Gasteiger partial charge in [-0.05, 0) is 49.1 Å². The van der Waals surface area contributed by atoms with Gasteiger partial charge in [0.25, 0.3) is 0 Å². The third kappa shape index (κ3) is 8.00. The van der Waals surface area contributed by atoms with E-state index in [4.69, 9.17) is 0 Å². The second-order valence-electron chi connectivity index (χ2n) is 13.6. The van der Waals surface area contributed by atoms with Crippen LogP contribution in [0.4, 0.5) is 9.18 Å². The molecular formula is C41H41FN4O5S2. The van der Waals surface area contributed by atoms with Crippen LogP contribution in [0.25, 0.3) is 10.4 Å². The number of nitrogens with one attached hydrogen (secondary N) is 2. The topological polar surface area (TPSA) is 132 Å². The SMILES string of the molecule is Cc1ncsc1-c1ccc(CNC(=O)[C@@H]2C[C@@H](O)CN2C(=O)[C@@H](NC(=O)O)C(C)(C)SC(c2ccccc2)(c2ccccc2)c2ccccc2)c(F)c1. The minimum Gasteiger partial charge on any atom is -0.465 e. The predicted molar refractivity (Wildman–Crippen MR) is 206 cm³/mol. The van der Waals surface area contributed by atoms with Gasteiger partial charge in [-0.25, -0.2) is 14.2 Å². The molecule has 1 saturated heterocycles. The number of β-amino-alcohol motifs (C(OH)–C–C–N with tert-alkyl or cyclic N) is 1. The van der Waals surface area contributed by atoms with Crippen molar-refractivity contribution in [2.24, 2.45) is 0 Å². The molecule has 0 unspecified atom stereocenters. The van der Waals surface area contributed by atoms with E-state index in [1.165, 1.54) is 34.1 Å². The van der Waals surface area contributed by atoms with Crippen molar-refractivity contribution in [2.45, 2.75) is 61.4 Å². The summed E-state index contributed by atoms with van der Waals surface area (Å²) in [5.41, 5.74) is 6.20. The van der Waals surface area contributed by atoms with E-state index in [1.807, 2.05) is 112 Å². The molecule has 1 fully saturated rings. The van der Waals surface area contributed by atoms with Gasteiger partial charge in [-0.2, -0.15) is 0 Å². The number of carboxylic acid groups (broad SMARTS) is 1. The molecule has 274 valence electrons. The lowest BCUT2D eigenvalue weighted by molar-refractivity contribution is -0.140. The predicted octanol–water partition coefficient (Wildman–Crippen LogP) is 6.98. The Bertz CT molecular complexity index is 1970. The number of likely N-dealkylation sites (tertiary alicyclic amines) is 1. The molecule has 0 spiro atoms. The molecule has 4 N–H and O–H groups in total. The summed E-state index contributed by atoms with van der Waals surface area (Å²) in [6, 6.07) is 31.8. The van der Waals surface area contributed by atoms with Crippen LogP contribution in [0.1, 0.15) is 48.2 Å². The molecule has 0 aliphatic carbocycles. The molecule has 6 rings (SSSR count). The standard InChI is InChI=1S/C41H41FN4O5S2/c1-26-35(52-25-44-26)27-19-20-28(33(42)21-27)23-43-37(48)34-22-32(47)24-46(34)38(49)36(45-39(50)51)40(2,3)53-41(29-13-7-4-8-14-29,30-15-9-5-10-16-30)31-17-11-6-12-18-31/h4-21,25,32,34,36,45,47H,22-24H2,1-3H3,(H,43,48)(H,50,51)/t32-,34+,36-/m1/s1. The number of halogens is 1. The summed E-state index contributed by atoms with van der Waals surface area (Å²) in [4.78, 5) is 47.0. The fourth-order valence-electron chi connectivity index (χ4n) is 6.99. The Morgan fingerprint density at radius 2 is 1.51 bits per heavy atom. The number of aryl methyl sites for hydroxylation is 1. The third-order valence-electron chi connectivity index (χ3n) is 9.55. The summed E-state index contributed by atoms with van der Waals surface area (Å²) in [7, 11) is 0. The lowest BCUT2D eigenvalue weighted by Gasteiger charge is -2.44. The Kier molecular flexibility index (Phi) is 11.3. The third-order valence-corrected chi connectivity index (χ3v) is 12.3. The number of thioether (sulfide) groups is 1. The van der Waals surface area contributed by atoms with Crippen LogP contribution in [0.15, 0.2) is 115 Å². The fraction of sp³-hybridized carbons (Fsp3) is 0.268. The van der Waals surface area contributed by atoms with Crippen molar-refractivity contribution in [1.29, 1.82) is 0 Å². The van der Waals surface area contributed by atoms with Gasteiger partial charge in [0.15, 0.2) is 0 Å². The van der Waals surface area contributed by atoms with Crippen LogP contribution < -0.4 is 10.6 Å². The Hall–Kier alpha value is -5.04. The van der Waals surface area contributed by atoms with E-state index < -0.39 is 51.4 Å². The summed E-state index contributed by atoms with van der Waals surface area (Å²) in [6.45, 7) is 5.15. The van der Waals surface area contributed by atoms with E-state index in [9.17, 15) is 24.6 Å². The molecule has 9 nitrogen and oxygen atoms in total. The number of amides is 3. The van der Waals surface area contributed by atoms with Crippen molar-refractivity contribution in [3.63, 3.8) is 0 Å². The zero-order valence-corrected chi connectivity index (χ0v) is 31.2. The number of thiazole rings is 1. The second kappa shape index (κ2) is 15.9. The van der Waals surface area contributed by atoms with Gasteiger partial charge in [0, 0.05) is 29.8 Å². The molecule has 1 aliphatic heterocycles. The molecule has 53 heavy (non-hydrogen) atoms. The van der Waals surface area contributed by atoms with Crippen LogP contribution in [0.5, 0.6) is 0 Å². The van der Waals surface area contributed by atoms with Crippen molar-refractivity contribution in [2.75, 3.05) is 6.54 Å². The zero-order chi connectivity index (χ0) is 37.8. The maximum Gasteiger partial charge on any atom is 0.405 e. The minimum absolute atomic E-state index is 0.0566. The van der Waals surface area contributed by atoms with Gasteiger partial charge in [0.1, 0.15) is 17.9 Å². The summed E-state index contributed by atoms with van der Waals surface area (Å²) >= 11 is 2.84. The Morgan fingerprint density at radius 1 is 0.943 bits per heavy atom. The summed E-state index contributed by atoms with van der Waals surface area (Å²) < 4.78 is 13.1. The van der Waals surface area contributed by atoms with E-state index in [2.05, 4.69) is 15.6 Å². The van der Waals surface area contributed by atoms with E-state index in [-0.39, 0.29) is 25.1 Å². The highest BCUT2D eigenvalue weighted by atomic mass is 32.2. The Balaban J connectivity index is 1.30. The zero-order valence-electron chi connectivity index (χ0n) is 29.5. The van der Waals surface area contributed by atoms with Crippen LogP contribution in [0.2, 0.25) is 0 Å². The highest BCUT2D eigenvalue weighted by molar-refractivity contribution is 8.02. The molecule has 0 radical (unpaired) electrons. The number of hydrogen-bond donors (Lipinski definition) is 4. The number of benzene rings is 4. The van der Waals surface area contributed by atoms with Crippen LogP contribution in [-0.4, -0.2) is 67.5 Å². The summed E-state index contributed by atoms with van der Waals surface area (Å²) in [5, 5.41) is 26.1. The largest absolute Gasteiger partial charge is 0.465 e. The Labute approximate surface area is 316 Å². The van der Waals surface area contributed by atoms with Gasteiger partial charge in [-0.3, -0.25) is 9.59 Å². The molecule has 12 heteroatoms. The summed E-state index contributed by atoms with van der Waals surface area (Å²) in [5.74, 6) is -1.73. The average Bonchev–Trinajstić information content (AvgIpc) is 3.78. The monoisotopic (exact) mass is 752 g/mol. The molecule has 2 heterocycles. The van der Waals surface area contributed by atoms with Gasteiger partial charge in [-0.1, -0.05) is 103 Å². The van der Waals surface area contributed by atoms with Gasteiger partial charge in [-0.15, -0.1) is 23.1 Å². The van der Waals surface area contributed by atoms with Crippen molar-refractivity contribution >= 4 is 41.0 Å². The second-order valence-corrected chi connectivity index (χ2v) is 16.3. The molecule has 5 aromatic rings. The normalized spacial score (nSPS) is 16.6. The van der Waals surface area contributed by atoms with Gasteiger partial charge >= 0.3 is 6.09 Å².